The summed E-state index contributed by atoms with van der Waals surface area (Å²) in [6, 6.07) is 7.66. The van der Waals surface area contributed by atoms with Gasteiger partial charge in [-0.3, -0.25) is 14.2 Å². The predicted octanol–water partition coefficient (Wildman–Crippen LogP) is 2.23. The van der Waals surface area contributed by atoms with Crippen LogP contribution in [0.3, 0.4) is 0 Å². The second kappa shape index (κ2) is 6.02. The van der Waals surface area contributed by atoms with E-state index in [0.29, 0.717) is 25.4 Å². The van der Waals surface area contributed by atoms with Crippen LogP contribution >= 0.6 is 11.3 Å². The maximum Gasteiger partial charge on any atom is 0.308 e. The Labute approximate surface area is 116 Å². The van der Waals surface area contributed by atoms with E-state index in [1.54, 1.807) is 4.57 Å². The number of carbonyl (C=O) groups excluding carboxylic acids is 1. The standard InChI is InChI=1S/C14H18N2O2S/c1-10(2)9-15-13(17)7-8-16-11-5-3-4-6-12(11)19-14(16)18/h3-6,10H,7-9H2,1-2H3,(H,15,17). The maximum absolute atomic E-state index is 11.9. The van der Waals surface area contributed by atoms with Gasteiger partial charge >= 0.3 is 4.87 Å². The number of carbonyl (C=O) groups is 1. The van der Waals surface area contributed by atoms with E-state index in [9.17, 15) is 9.59 Å². The van der Waals surface area contributed by atoms with Gasteiger partial charge in [0.25, 0.3) is 0 Å². The van der Waals surface area contributed by atoms with Crippen molar-refractivity contribution in [3.63, 3.8) is 0 Å². The topological polar surface area (TPSA) is 51.1 Å². The number of fused-ring (bicyclic) bond motifs is 1. The average molecular weight is 278 g/mol. The average Bonchev–Trinajstić information content (AvgIpc) is 2.69. The van der Waals surface area contributed by atoms with E-state index in [1.165, 1.54) is 11.3 Å². The van der Waals surface area contributed by atoms with Crippen LogP contribution in [0.2, 0.25) is 0 Å². The number of thiazole rings is 1. The molecule has 1 amide bonds. The van der Waals surface area contributed by atoms with Gasteiger partial charge < -0.3 is 5.32 Å². The summed E-state index contributed by atoms with van der Waals surface area (Å²) >= 11 is 1.22. The van der Waals surface area contributed by atoms with Crippen LogP contribution in [0, 0.1) is 5.92 Å². The number of aromatic nitrogens is 1. The summed E-state index contributed by atoms with van der Waals surface area (Å²) in [6.07, 6.45) is 0.341. The third-order valence-electron chi connectivity index (χ3n) is 2.84. The van der Waals surface area contributed by atoms with E-state index in [4.69, 9.17) is 0 Å². The first-order valence-electron chi connectivity index (χ1n) is 6.43. The van der Waals surface area contributed by atoms with Gasteiger partial charge in [0.1, 0.15) is 0 Å². The van der Waals surface area contributed by atoms with E-state index in [1.807, 2.05) is 24.3 Å². The zero-order valence-corrected chi connectivity index (χ0v) is 12.0. The Hall–Kier alpha value is -1.62. The second-order valence-electron chi connectivity index (χ2n) is 4.94. The molecule has 0 aliphatic heterocycles. The van der Waals surface area contributed by atoms with Crippen molar-refractivity contribution in [2.24, 2.45) is 5.92 Å². The van der Waals surface area contributed by atoms with E-state index >= 15 is 0 Å². The summed E-state index contributed by atoms with van der Waals surface area (Å²) in [6.45, 7) is 5.22. The molecular formula is C14H18N2O2S. The first kappa shape index (κ1) is 13.8. The Kier molecular flexibility index (Phi) is 4.37. The molecule has 0 unspecified atom stereocenters. The lowest BCUT2D eigenvalue weighted by atomic mass is 10.2. The largest absolute Gasteiger partial charge is 0.356 e. The number of aryl methyl sites for hydroxylation is 1. The monoisotopic (exact) mass is 278 g/mol. The molecule has 0 saturated heterocycles. The van der Waals surface area contributed by atoms with Crippen LogP contribution in [-0.4, -0.2) is 17.0 Å². The molecule has 4 nitrogen and oxygen atoms in total. The minimum atomic E-state index is -0.00381. The lowest BCUT2D eigenvalue weighted by molar-refractivity contribution is -0.121. The quantitative estimate of drug-likeness (QED) is 0.911. The molecule has 0 atom stereocenters. The van der Waals surface area contributed by atoms with Gasteiger partial charge in [-0.1, -0.05) is 37.3 Å². The lowest BCUT2D eigenvalue weighted by Crippen LogP contribution is -2.29. The van der Waals surface area contributed by atoms with Gasteiger partial charge in [-0.15, -0.1) is 0 Å². The van der Waals surface area contributed by atoms with Crippen molar-refractivity contribution < 1.29 is 4.79 Å². The zero-order valence-electron chi connectivity index (χ0n) is 11.2. The molecule has 102 valence electrons. The Morgan fingerprint density at radius 3 is 2.84 bits per heavy atom. The smallest absolute Gasteiger partial charge is 0.308 e. The summed E-state index contributed by atoms with van der Waals surface area (Å²) in [7, 11) is 0. The Balaban J connectivity index is 2.04. The van der Waals surface area contributed by atoms with Crippen molar-refractivity contribution in [2.45, 2.75) is 26.8 Å². The molecule has 0 bridgehead atoms. The number of hydrogen-bond donors (Lipinski definition) is 1. The molecule has 0 fully saturated rings. The molecular weight excluding hydrogens is 260 g/mol. The summed E-state index contributed by atoms with van der Waals surface area (Å²) in [4.78, 5) is 23.5. The third kappa shape index (κ3) is 3.44. The van der Waals surface area contributed by atoms with Crippen LogP contribution in [0.15, 0.2) is 29.1 Å². The van der Waals surface area contributed by atoms with Crippen molar-refractivity contribution >= 4 is 27.5 Å². The summed E-state index contributed by atoms with van der Waals surface area (Å²) < 4.78 is 2.64. The first-order valence-corrected chi connectivity index (χ1v) is 7.24. The van der Waals surface area contributed by atoms with Gasteiger partial charge in [-0.2, -0.15) is 0 Å². The molecule has 0 radical (unpaired) electrons. The highest BCUT2D eigenvalue weighted by Crippen LogP contribution is 2.16. The molecule has 2 rings (SSSR count). The number of nitrogens with zero attached hydrogens (tertiary/aromatic N) is 1. The molecule has 0 saturated carbocycles. The van der Waals surface area contributed by atoms with Crippen LogP contribution in [0.4, 0.5) is 0 Å². The van der Waals surface area contributed by atoms with E-state index in [0.717, 1.165) is 10.2 Å². The maximum atomic E-state index is 11.9. The molecule has 1 aromatic heterocycles. The van der Waals surface area contributed by atoms with Crippen molar-refractivity contribution in [3.8, 4) is 0 Å². The van der Waals surface area contributed by atoms with Crippen LogP contribution in [-0.2, 0) is 11.3 Å². The number of rotatable bonds is 5. The normalized spacial score (nSPS) is 11.1. The number of hydrogen-bond acceptors (Lipinski definition) is 3. The van der Waals surface area contributed by atoms with Gasteiger partial charge in [0.15, 0.2) is 0 Å². The van der Waals surface area contributed by atoms with Crippen molar-refractivity contribution in [2.75, 3.05) is 6.54 Å². The predicted molar refractivity (Wildman–Crippen MR) is 78.5 cm³/mol. The van der Waals surface area contributed by atoms with Crippen molar-refractivity contribution in [3.05, 3.63) is 33.9 Å². The molecule has 19 heavy (non-hydrogen) atoms. The fourth-order valence-electron chi connectivity index (χ4n) is 1.85. The Morgan fingerprint density at radius 1 is 1.37 bits per heavy atom. The molecule has 0 aliphatic rings. The van der Waals surface area contributed by atoms with E-state index in [2.05, 4.69) is 19.2 Å². The van der Waals surface area contributed by atoms with Gasteiger partial charge in [0.05, 0.1) is 10.2 Å². The lowest BCUT2D eigenvalue weighted by Gasteiger charge is -2.08. The Bertz CT molecular complexity index is 628. The van der Waals surface area contributed by atoms with Gasteiger partial charge in [-0.05, 0) is 18.1 Å². The molecule has 5 heteroatoms. The second-order valence-corrected chi connectivity index (χ2v) is 5.93. The SMILES string of the molecule is CC(C)CNC(=O)CCn1c(=O)sc2ccccc21. The molecule has 0 aliphatic carbocycles. The minimum absolute atomic E-state index is 0.00198. The zero-order chi connectivity index (χ0) is 13.8. The van der Waals surface area contributed by atoms with Gasteiger partial charge in [0, 0.05) is 19.5 Å². The van der Waals surface area contributed by atoms with Crippen molar-refractivity contribution in [1.82, 2.24) is 9.88 Å². The van der Waals surface area contributed by atoms with Crippen LogP contribution < -0.4 is 10.2 Å². The van der Waals surface area contributed by atoms with Gasteiger partial charge in [0.2, 0.25) is 5.91 Å². The minimum Gasteiger partial charge on any atom is -0.356 e. The number of amides is 1. The van der Waals surface area contributed by atoms with E-state index < -0.39 is 0 Å². The summed E-state index contributed by atoms with van der Waals surface area (Å²) in [5, 5.41) is 2.86. The van der Waals surface area contributed by atoms with Crippen molar-refractivity contribution in [1.29, 1.82) is 0 Å². The van der Waals surface area contributed by atoms with E-state index in [-0.39, 0.29) is 10.8 Å². The number of nitrogens with one attached hydrogen (secondary N) is 1. The molecule has 2 aromatic rings. The third-order valence-corrected chi connectivity index (χ3v) is 3.80. The highest BCUT2D eigenvalue weighted by molar-refractivity contribution is 7.16. The summed E-state index contributed by atoms with van der Waals surface area (Å²) in [5.41, 5.74) is 0.911. The fourth-order valence-corrected chi connectivity index (χ4v) is 2.76. The fraction of sp³-hybridized carbons (Fsp3) is 0.429. The van der Waals surface area contributed by atoms with Crippen LogP contribution in [0.25, 0.3) is 10.2 Å². The van der Waals surface area contributed by atoms with Gasteiger partial charge in [-0.25, -0.2) is 0 Å². The molecule has 1 aromatic carbocycles. The first-order chi connectivity index (χ1) is 9.08. The number of para-hydroxylation sites is 1. The summed E-state index contributed by atoms with van der Waals surface area (Å²) in [5.74, 6) is 0.435. The highest BCUT2D eigenvalue weighted by atomic mass is 32.1. The molecule has 0 spiro atoms. The van der Waals surface area contributed by atoms with Crippen LogP contribution in [0.5, 0.6) is 0 Å². The Morgan fingerprint density at radius 2 is 2.11 bits per heavy atom. The molecule has 1 N–H and O–H groups in total. The highest BCUT2D eigenvalue weighted by Gasteiger charge is 2.08. The molecule has 1 heterocycles. The van der Waals surface area contributed by atoms with Crippen LogP contribution in [0.1, 0.15) is 20.3 Å². The number of benzene rings is 1.